The van der Waals surface area contributed by atoms with Crippen molar-refractivity contribution < 1.29 is 4.79 Å². The number of anilines is 2. The lowest BCUT2D eigenvalue weighted by Crippen LogP contribution is -2.47. The second-order valence-corrected chi connectivity index (χ2v) is 6.09. The summed E-state index contributed by atoms with van der Waals surface area (Å²) in [6, 6.07) is 6.20. The van der Waals surface area contributed by atoms with E-state index in [1.54, 1.807) is 0 Å². The number of piperidine rings is 1. The minimum absolute atomic E-state index is 0.116. The molecule has 2 heterocycles. The van der Waals surface area contributed by atoms with Gasteiger partial charge in [0.15, 0.2) is 0 Å². The monoisotopic (exact) mass is 288 g/mol. The van der Waals surface area contributed by atoms with Gasteiger partial charge in [0.25, 0.3) is 5.91 Å². The standard InChI is InChI=1S/C16H24N4O/c1-19-9-3-4-13(11-19)20(2)16(21)12-5-6-14-15(10-12)18-8-7-17-14/h5-6,10,13,17-18H,3-4,7-9,11H2,1-2H3. The maximum atomic E-state index is 12.7. The Balaban J connectivity index is 1.75. The van der Waals surface area contributed by atoms with Crippen molar-refractivity contribution in [2.75, 3.05) is 50.9 Å². The van der Waals surface area contributed by atoms with Gasteiger partial charge in [-0.05, 0) is 44.6 Å². The number of likely N-dealkylation sites (tertiary alicyclic amines) is 1. The maximum Gasteiger partial charge on any atom is 0.253 e. The molecule has 0 aliphatic carbocycles. The predicted octanol–water partition coefficient (Wildman–Crippen LogP) is 1.69. The molecule has 2 N–H and O–H groups in total. The van der Waals surface area contributed by atoms with Gasteiger partial charge in [-0.3, -0.25) is 4.79 Å². The van der Waals surface area contributed by atoms with Gasteiger partial charge in [-0.15, -0.1) is 0 Å². The second kappa shape index (κ2) is 5.93. The average Bonchev–Trinajstić information content (AvgIpc) is 2.53. The molecule has 0 saturated carbocycles. The highest BCUT2D eigenvalue weighted by Crippen LogP contribution is 2.26. The van der Waals surface area contributed by atoms with Gasteiger partial charge >= 0.3 is 0 Å². The molecule has 1 aromatic rings. The van der Waals surface area contributed by atoms with E-state index in [1.165, 1.54) is 0 Å². The van der Waals surface area contributed by atoms with Crippen LogP contribution >= 0.6 is 0 Å². The molecule has 2 aliphatic rings. The molecule has 21 heavy (non-hydrogen) atoms. The molecule has 3 rings (SSSR count). The van der Waals surface area contributed by atoms with Crippen molar-refractivity contribution in [1.29, 1.82) is 0 Å². The maximum absolute atomic E-state index is 12.7. The number of carbonyl (C=O) groups is 1. The summed E-state index contributed by atoms with van der Waals surface area (Å²) in [4.78, 5) is 16.9. The summed E-state index contributed by atoms with van der Waals surface area (Å²) in [6.07, 6.45) is 2.26. The number of nitrogens with zero attached hydrogens (tertiary/aromatic N) is 2. The van der Waals surface area contributed by atoms with E-state index >= 15 is 0 Å². The summed E-state index contributed by atoms with van der Waals surface area (Å²) in [7, 11) is 4.05. The summed E-state index contributed by atoms with van der Waals surface area (Å²) >= 11 is 0. The van der Waals surface area contributed by atoms with Crippen molar-refractivity contribution in [3.8, 4) is 0 Å². The molecule has 0 spiro atoms. The molecule has 5 heteroatoms. The van der Waals surface area contributed by atoms with Crippen LogP contribution in [0.1, 0.15) is 23.2 Å². The van der Waals surface area contributed by atoms with Crippen LogP contribution in [0.15, 0.2) is 18.2 Å². The number of amides is 1. The van der Waals surface area contributed by atoms with Crippen molar-refractivity contribution in [3.63, 3.8) is 0 Å². The van der Waals surface area contributed by atoms with E-state index in [4.69, 9.17) is 0 Å². The summed E-state index contributed by atoms with van der Waals surface area (Å²) in [5.41, 5.74) is 2.87. The van der Waals surface area contributed by atoms with Gasteiger partial charge in [-0.1, -0.05) is 0 Å². The lowest BCUT2D eigenvalue weighted by Gasteiger charge is -2.36. The summed E-state index contributed by atoms with van der Waals surface area (Å²) < 4.78 is 0. The van der Waals surface area contributed by atoms with Crippen LogP contribution in [0.4, 0.5) is 11.4 Å². The number of benzene rings is 1. The predicted molar refractivity (Wildman–Crippen MR) is 86.0 cm³/mol. The van der Waals surface area contributed by atoms with E-state index in [0.29, 0.717) is 6.04 Å². The zero-order chi connectivity index (χ0) is 14.8. The van der Waals surface area contributed by atoms with E-state index in [0.717, 1.165) is 56.0 Å². The van der Waals surface area contributed by atoms with Crippen molar-refractivity contribution in [1.82, 2.24) is 9.80 Å². The Kier molecular flexibility index (Phi) is 4.01. The van der Waals surface area contributed by atoms with Crippen LogP contribution in [0.5, 0.6) is 0 Å². The van der Waals surface area contributed by atoms with Crippen LogP contribution < -0.4 is 10.6 Å². The van der Waals surface area contributed by atoms with Crippen LogP contribution in [0.3, 0.4) is 0 Å². The molecule has 0 aromatic heterocycles. The lowest BCUT2D eigenvalue weighted by atomic mass is 10.0. The Morgan fingerprint density at radius 2 is 2.05 bits per heavy atom. The highest BCUT2D eigenvalue weighted by atomic mass is 16.2. The van der Waals surface area contributed by atoms with E-state index in [9.17, 15) is 4.79 Å². The molecule has 1 fully saturated rings. The number of hydrogen-bond donors (Lipinski definition) is 2. The third-order valence-corrected chi connectivity index (χ3v) is 4.49. The SMILES string of the molecule is CN1CCCC(N(C)C(=O)c2ccc3c(c2)NCCN3)C1. The van der Waals surface area contributed by atoms with E-state index in [1.807, 2.05) is 30.1 Å². The smallest absolute Gasteiger partial charge is 0.253 e. The highest BCUT2D eigenvalue weighted by molar-refractivity contribution is 5.96. The molecule has 1 aromatic carbocycles. The Bertz CT molecular complexity index is 531. The largest absolute Gasteiger partial charge is 0.382 e. The second-order valence-electron chi connectivity index (χ2n) is 6.09. The fourth-order valence-corrected chi connectivity index (χ4v) is 3.20. The van der Waals surface area contributed by atoms with Gasteiger partial charge in [-0.2, -0.15) is 0 Å². The molecule has 1 saturated heterocycles. The number of likely N-dealkylation sites (N-methyl/N-ethyl adjacent to an activating group) is 2. The van der Waals surface area contributed by atoms with Crippen molar-refractivity contribution >= 4 is 17.3 Å². The van der Waals surface area contributed by atoms with Gasteiger partial charge in [0, 0.05) is 38.3 Å². The number of rotatable bonds is 2. The fourth-order valence-electron chi connectivity index (χ4n) is 3.20. The van der Waals surface area contributed by atoms with Crippen molar-refractivity contribution in [3.05, 3.63) is 23.8 Å². The number of carbonyl (C=O) groups excluding carboxylic acids is 1. The number of fused-ring (bicyclic) bond motifs is 1. The van der Waals surface area contributed by atoms with Gasteiger partial charge in [-0.25, -0.2) is 0 Å². The first-order valence-corrected chi connectivity index (χ1v) is 7.72. The molecular formula is C16H24N4O. The Morgan fingerprint density at radius 1 is 1.29 bits per heavy atom. The highest BCUT2D eigenvalue weighted by Gasteiger charge is 2.25. The molecule has 0 bridgehead atoms. The molecule has 0 radical (unpaired) electrons. The normalized spacial score (nSPS) is 21.9. The van der Waals surface area contributed by atoms with Crippen LogP contribution in [0.2, 0.25) is 0 Å². The first-order valence-electron chi connectivity index (χ1n) is 7.72. The van der Waals surface area contributed by atoms with Crippen molar-refractivity contribution in [2.45, 2.75) is 18.9 Å². The van der Waals surface area contributed by atoms with E-state index in [2.05, 4.69) is 22.6 Å². The Hall–Kier alpha value is -1.75. The molecule has 1 unspecified atom stereocenters. The van der Waals surface area contributed by atoms with Gasteiger partial charge in [0.2, 0.25) is 0 Å². The van der Waals surface area contributed by atoms with Crippen LogP contribution in [-0.4, -0.2) is 62.0 Å². The summed E-state index contributed by atoms with van der Waals surface area (Å²) in [5, 5.41) is 6.68. The van der Waals surface area contributed by atoms with Gasteiger partial charge in [0.05, 0.1) is 11.4 Å². The van der Waals surface area contributed by atoms with Gasteiger partial charge < -0.3 is 20.4 Å². The van der Waals surface area contributed by atoms with Crippen LogP contribution in [0, 0.1) is 0 Å². The molecule has 1 atom stereocenters. The third kappa shape index (κ3) is 2.97. The van der Waals surface area contributed by atoms with Crippen LogP contribution in [-0.2, 0) is 0 Å². The molecule has 5 nitrogen and oxygen atoms in total. The number of nitrogens with one attached hydrogen (secondary N) is 2. The minimum atomic E-state index is 0.116. The molecule has 114 valence electrons. The summed E-state index contributed by atoms with van der Waals surface area (Å²) in [5.74, 6) is 0.116. The number of hydrogen-bond acceptors (Lipinski definition) is 4. The first kappa shape index (κ1) is 14.2. The molecular weight excluding hydrogens is 264 g/mol. The van der Waals surface area contributed by atoms with Crippen molar-refractivity contribution in [2.24, 2.45) is 0 Å². The zero-order valence-electron chi connectivity index (χ0n) is 12.9. The van der Waals surface area contributed by atoms with E-state index in [-0.39, 0.29) is 5.91 Å². The van der Waals surface area contributed by atoms with Gasteiger partial charge in [0.1, 0.15) is 0 Å². The van der Waals surface area contributed by atoms with Crippen LogP contribution in [0.25, 0.3) is 0 Å². The quantitative estimate of drug-likeness (QED) is 0.869. The zero-order valence-corrected chi connectivity index (χ0v) is 12.9. The fraction of sp³-hybridized carbons (Fsp3) is 0.562. The first-order chi connectivity index (χ1) is 10.1. The lowest BCUT2D eigenvalue weighted by molar-refractivity contribution is 0.0644. The Morgan fingerprint density at radius 3 is 2.81 bits per heavy atom. The molecule has 1 amide bonds. The molecule has 2 aliphatic heterocycles. The van der Waals surface area contributed by atoms with E-state index < -0.39 is 0 Å². The average molecular weight is 288 g/mol. The Labute approximate surface area is 126 Å². The minimum Gasteiger partial charge on any atom is -0.382 e. The topological polar surface area (TPSA) is 47.6 Å². The third-order valence-electron chi connectivity index (χ3n) is 4.49. The summed E-state index contributed by atoms with van der Waals surface area (Å²) in [6.45, 7) is 3.92.